The summed E-state index contributed by atoms with van der Waals surface area (Å²) in [5.74, 6) is 0.981. The summed E-state index contributed by atoms with van der Waals surface area (Å²) < 4.78 is 0. The second kappa shape index (κ2) is 13.7. The minimum atomic E-state index is -0.0705. The lowest BCUT2D eigenvalue weighted by Gasteiger charge is -2.22. The highest BCUT2D eigenvalue weighted by Crippen LogP contribution is 2.52. The Labute approximate surface area is 355 Å². The maximum Gasteiger partial charge on any atom is 0.0189 e. The Morgan fingerprint density at radius 2 is 1.00 bits per heavy atom. The predicted octanol–water partition coefficient (Wildman–Crippen LogP) is 16.5. The Hall–Kier alpha value is -6.67. The van der Waals surface area contributed by atoms with Crippen LogP contribution >= 0.6 is 11.8 Å². The monoisotopic (exact) mass is 782 g/mol. The topological polar surface area (TPSA) is 0 Å². The molecule has 10 aromatic rings. The molecule has 0 fully saturated rings. The van der Waals surface area contributed by atoms with E-state index in [0.29, 0.717) is 0 Å². The summed E-state index contributed by atoms with van der Waals surface area (Å²) >= 11 is 1.97. The van der Waals surface area contributed by atoms with Gasteiger partial charge in [0.25, 0.3) is 0 Å². The first-order chi connectivity index (χ1) is 29.5. The molecule has 12 rings (SSSR count). The summed E-state index contributed by atoms with van der Waals surface area (Å²) in [5, 5.41) is 12.9. The van der Waals surface area contributed by atoms with Crippen molar-refractivity contribution >= 4 is 65.6 Å². The van der Waals surface area contributed by atoms with E-state index in [0.717, 1.165) is 12.2 Å². The van der Waals surface area contributed by atoms with Crippen molar-refractivity contribution < 1.29 is 0 Å². The van der Waals surface area contributed by atoms with Crippen LogP contribution in [0, 0.1) is 0 Å². The van der Waals surface area contributed by atoms with Gasteiger partial charge in [0.1, 0.15) is 0 Å². The van der Waals surface area contributed by atoms with Crippen molar-refractivity contribution in [1.29, 1.82) is 0 Å². The fourth-order valence-corrected chi connectivity index (χ4v) is 11.4. The molecule has 0 aromatic heterocycles. The highest BCUT2D eigenvalue weighted by Gasteiger charge is 2.36. The summed E-state index contributed by atoms with van der Waals surface area (Å²) in [6, 6.07) is 64.3. The van der Waals surface area contributed by atoms with Crippen molar-refractivity contribution in [3.05, 3.63) is 211 Å². The first-order valence-corrected chi connectivity index (χ1v) is 22.2. The van der Waals surface area contributed by atoms with Crippen LogP contribution in [0.3, 0.4) is 0 Å². The molecule has 1 heteroatoms. The molecule has 0 radical (unpaired) electrons. The van der Waals surface area contributed by atoms with E-state index in [-0.39, 0.29) is 5.41 Å². The molecule has 0 unspecified atom stereocenters. The zero-order valence-electron chi connectivity index (χ0n) is 33.8. The van der Waals surface area contributed by atoms with Crippen molar-refractivity contribution in [2.24, 2.45) is 0 Å². The van der Waals surface area contributed by atoms with Crippen LogP contribution in [0.25, 0.3) is 98.4 Å². The minimum absolute atomic E-state index is 0.0705. The van der Waals surface area contributed by atoms with Crippen LogP contribution < -0.4 is 0 Å². The van der Waals surface area contributed by atoms with Gasteiger partial charge >= 0.3 is 0 Å². The Kier molecular flexibility index (Phi) is 8.06. The Morgan fingerprint density at radius 1 is 0.400 bits per heavy atom. The van der Waals surface area contributed by atoms with Gasteiger partial charge in [-0.05, 0) is 152 Å². The van der Waals surface area contributed by atoms with Gasteiger partial charge in [-0.25, -0.2) is 0 Å². The van der Waals surface area contributed by atoms with Gasteiger partial charge in [0, 0.05) is 16.1 Å². The molecule has 2 aliphatic rings. The molecule has 0 N–H and O–H groups in total. The van der Waals surface area contributed by atoms with Gasteiger partial charge in [-0.2, -0.15) is 0 Å². The molecule has 0 spiro atoms. The van der Waals surface area contributed by atoms with Gasteiger partial charge < -0.3 is 0 Å². The molecule has 0 bridgehead atoms. The largest absolute Gasteiger partial charge is 0.121 e. The van der Waals surface area contributed by atoms with E-state index in [1.165, 1.54) is 120 Å². The van der Waals surface area contributed by atoms with E-state index in [4.69, 9.17) is 0 Å². The van der Waals surface area contributed by atoms with Crippen LogP contribution in [0.2, 0.25) is 0 Å². The third kappa shape index (κ3) is 5.46. The number of allylic oxidation sites excluding steroid dienone is 3. The number of benzene rings is 10. The zero-order chi connectivity index (χ0) is 40.0. The third-order valence-electron chi connectivity index (χ3n) is 13.3. The van der Waals surface area contributed by atoms with Crippen molar-refractivity contribution in [3.8, 4) is 44.5 Å². The zero-order valence-corrected chi connectivity index (χ0v) is 34.6. The summed E-state index contributed by atoms with van der Waals surface area (Å²) in [7, 11) is 0. The van der Waals surface area contributed by atoms with Crippen LogP contribution in [0.4, 0.5) is 0 Å². The van der Waals surface area contributed by atoms with Crippen LogP contribution in [0.5, 0.6) is 0 Å². The van der Waals surface area contributed by atoms with E-state index in [1.807, 2.05) is 11.8 Å². The third-order valence-corrected chi connectivity index (χ3v) is 14.5. The molecule has 1 aliphatic carbocycles. The summed E-state index contributed by atoms with van der Waals surface area (Å²) in [6.45, 7) is 4.78. The number of thioether (sulfide) groups is 1. The first-order valence-electron chi connectivity index (χ1n) is 21.2. The van der Waals surface area contributed by atoms with Crippen molar-refractivity contribution in [2.75, 3.05) is 5.75 Å². The molecular formula is C59H42S. The quantitative estimate of drug-likeness (QED) is 0.161. The summed E-state index contributed by atoms with van der Waals surface area (Å²) in [6.07, 6.45) is 9.88. The SMILES string of the molecule is CC1(C)c2ccc(-c3ccc4cc(-c5c6ccccc6c(-c6cccc7ccccc67)c6ccccc56)ccc4c3)cc2-c2cc3c4c(ccc3cc21)C/C=C\C=C/CS4. The lowest BCUT2D eigenvalue weighted by molar-refractivity contribution is 0.661. The number of hydrogen-bond donors (Lipinski definition) is 0. The molecular weight excluding hydrogens is 741 g/mol. The molecule has 0 atom stereocenters. The molecule has 0 nitrogen and oxygen atoms in total. The molecule has 0 saturated heterocycles. The molecule has 0 amide bonds. The fourth-order valence-electron chi connectivity index (χ4n) is 10.4. The lowest BCUT2D eigenvalue weighted by atomic mass is 9.81. The van der Waals surface area contributed by atoms with E-state index < -0.39 is 0 Å². The van der Waals surface area contributed by atoms with Gasteiger partial charge in [-0.15, -0.1) is 11.8 Å². The number of fused-ring (bicyclic) bond motifs is 10. The summed E-state index contributed by atoms with van der Waals surface area (Å²) in [5.41, 5.74) is 14.5. The van der Waals surface area contributed by atoms with Gasteiger partial charge in [0.05, 0.1) is 0 Å². The van der Waals surface area contributed by atoms with Crippen LogP contribution in [-0.2, 0) is 11.8 Å². The fraction of sp³-hybridized carbons (Fsp3) is 0.0847. The summed E-state index contributed by atoms with van der Waals surface area (Å²) in [4.78, 5) is 1.42. The second-order valence-corrected chi connectivity index (χ2v) is 18.1. The highest BCUT2D eigenvalue weighted by atomic mass is 32.2. The number of rotatable bonds is 3. The standard InChI is InChI=1S/C59H42S/c1-59(2)54-30-29-42(34-52(54)53-36-51-43(35-55(53)59)27-23-38-15-5-3-4-12-31-60-58(38)51)40-24-25-41-33-44(28-26-39(41)32-40)56-47-18-8-10-20-49(47)57(50-21-11-9-19-48(50)56)46-22-13-16-37-14-6-7-17-45(37)46/h3-14,16-30,32-36H,15,31H2,1-2H3/b5-3-,12-4-. The normalized spacial score (nSPS) is 15.4. The highest BCUT2D eigenvalue weighted by molar-refractivity contribution is 7.99. The van der Waals surface area contributed by atoms with Crippen molar-refractivity contribution in [1.82, 2.24) is 0 Å². The Morgan fingerprint density at radius 3 is 1.78 bits per heavy atom. The predicted molar refractivity (Wildman–Crippen MR) is 261 cm³/mol. The average molecular weight is 783 g/mol. The van der Waals surface area contributed by atoms with Crippen LogP contribution in [-0.4, -0.2) is 5.75 Å². The molecule has 60 heavy (non-hydrogen) atoms. The smallest absolute Gasteiger partial charge is 0.0189 e. The van der Waals surface area contributed by atoms with Crippen LogP contribution in [0.15, 0.2) is 199 Å². The van der Waals surface area contributed by atoms with Gasteiger partial charge in [0.2, 0.25) is 0 Å². The molecule has 284 valence electrons. The molecule has 0 saturated carbocycles. The van der Waals surface area contributed by atoms with Crippen molar-refractivity contribution in [3.63, 3.8) is 0 Å². The maximum atomic E-state index is 2.50. The van der Waals surface area contributed by atoms with Crippen LogP contribution in [0.1, 0.15) is 30.5 Å². The Bertz CT molecular complexity index is 3420. The van der Waals surface area contributed by atoms with Crippen molar-refractivity contribution in [2.45, 2.75) is 30.6 Å². The second-order valence-electron chi connectivity index (χ2n) is 17.1. The van der Waals surface area contributed by atoms with E-state index in [2.05, 4.69) is 208 Å². The van der Waals surface area contributed by atoms with Gasteiger partial charge in [-0.1, -0.05) is 178 Å². The van der Waals surface area contributed by atoms with Gasteiger partial charge in [0.15, 0.2) is 0 Å². The minimum Gasteiger partial charge on any atom is -0.121 e. The van der Waals surface area contributed by atoms with E-state index in [1.54, 1.807) is 0 Å². The molecule has 10 aromatic carbocycles. The Balaban J connectivity index is 0.969. The number of hydrogen-bond acceptors (Lipinski definition) is 1. The van der Waals surface area contributed by atoms with E-state index in [9.17, 15) is 0 Å². The van der Waals surface area contributed by atoms with Gasteiger partial charge in [-0.3, -0.25) is 0 Å². The molecule has 1 aliphatic heterocycles. The lowest BCUT2D eigenvalue weighted by Crippen LogP contribution is -2.14. The average Bonchev–Trinajstić information content (AvgIpc) is 3.58. The van der Waals surface area contributed by atoms with E-state index >= 15 is 0 Å². The maximum absolute atomic E-state index is 2.50. The first kappa shape index (κ1) is 35.3. The molecule has 1 heterocycles.